The van der Waals surface area contributed by atoms with E-state index in [1.807, 2.05) is 42.5 Å². The van der Waals surface area contributed by atoms with E-state index in [1.165, 1.54) is 5.56 Å². The Morgan fingerprint density at radius 1 is 1.10 bits per heavy atom. The molecule has 1 aliphatic heterocycles. The first-order valence-corrected chi connectivity index (χ1v) is 7.48. The molecular formula is C18H22N2O. The monoisotopic (exact) mass is 282 g/mol. The minimum atomic E-state index is 0.199. The zero-order valence-corrected chi connectivity index (χ0v) is 12.4. The summed E-state index contributed by atoms with van der Waals surface area (Å²) in [5, 5.41) is 0. The molecule has 1 fully saturated rings. The predicted octanol–water partition coefficient (Wildman–Crippen LogP) is 3.14. The summed E-state index contributed by atoms with van der Waals surface area (Å²) in [6.07, 6.45) is 1.23. The molecule has 0 aromatic heterocycles. The number of likely N-dealkylation sites (tertiary alicyclic amines) is 1. The van der Waals surface area contributed by atoms with Crippen LogP contribution in [0, 0.1) is 0 Å². The van der Waals surface area contributed by atoms with Gasteiger partial charge in [0.15, 0.2) is 0 Å². The van der Waals surface area contributed by atoms with E-state index in [0.29, 0.717) is 5.92 Å². The Balaban J connectivity index is 1.83. The summed E-state index contributed by atoms with van der Waals surface area (Å²) < 4.78 is 6.24. The molecule has 0 spiro atoms. The fourth-order valence-electron chi connectivity index (χ4n) is 3.02. The minimum absolute atomic E-state index is 0.199. The molecule has 21 heavy (non-hydrogen) atoms. The van der Waals surface area contributed by atoms with Crippen LogP contribution in [0.15, 0.2) is 54.6 Å². The van der Waals surface area contributed by atoms with Gasteiger partial charge in [0.25, 0.3) is 0 Å². The molecule has 2 atom stereocenters. The van der Waals surface area contributed by atoms with Crippen molar-refractivity contribution in [2.45, 2.75) is 18.4 Å². The van der Waals surface area contributed by atoms with Crippen molar-refractivity contribution in [2.75, 3.05) is 25.9 Å². The third-order valence-corrected chi connectivity index (χ3v) is 4.12. The number of anilines is 1. The lowest BCUT2D eigenvalue weighted by atomic mass is 9.87. The van der Waals surface area contributed by atoms with E-state index in [2.05, 4.69) is 24.1 Å². The lowest BCUT2D eigenvalue weighted by Crippen LogP contribution is -2.42. The molecule has 0 aliphatic carbocycles. The molecule has 0 bridgehead atoms. The Hall–Kier alpha value is -2.00. The molecule has 0 radical (unpaired) electrons. The molecule has 1 heterocycles. The second kappa shape index (κ2) is 6.19. The first-order valence-electron chi connectivity index (χ1n) is 7.48. The molecule has 0 amide bonds. The largest absolute Gasteiger partial charge is 0.490 e. The number of likely N-dealkylation sites (N-methyl/N-ethyl adjacent to an activating group) is 1. The van der Waals surface area contributed by atoms with Crippen LogP contribution in [0.2, 0.25) is 0 Å². The van der Waals surface area contributed by atoms with Crippen molar-refractivity contribution in [1.29, 1.82) is 0 Å². The maximum Gasteiger partial charge on any atom is 0.119 e. The third-order valence-electron chi connectivity index (χ3n) is 4.12. The zero-order chi connectivity index (χ0) is 14.7. The van der Waals surface area contributed by atoms with Gasteiger partial charge in [-0.15, -0.1) is 0 Å². The number of nitrogen functional groups attached to an aromatic ring is 1. The van der Waals surface area contributed by atoms with Crippen molar-refractivity contribution >= 4 is 5.69 Å². The fourth-order valence-corrected chi connectivity index (χ4v) is 3.02. The summed E-state index contributed by atoms with van der Waals surface area (Å²) in [6.45, 7) is 2.07. The zero-order valence-electron chi connectivity index (χ0n) is 12.4. The smallest absolute Gasteiger partial charge is 0.119 e. The van der Waals surface area contributed by atoms with Gasteiger partial charge in [0, 0.05) is 24.7 Å². The van der Waals surface area contributed by atoms with Crippen LogP contribution in [0.5, 0.6) is 5.75 Å². The molecule has 3 heteroatoms. The highest BCUT2D eigenvalue weighted by atomic mass is 16.5. The van der Waals surface area contributed by atoms with Gasteiger partial charge in [0.2, 0.25) is 0 Å². The summed E-state index contributed by atoms with van der Waals surface area (Å²) in [5.74, 6) is 1.30. The van der Waals surface area contributed by atoms with E-state index in [4.69, 9.17) is 10.5 Å². The van der Waals surface area contributed by atoms with E-state index >= 15 is 0 Å². The first-order chi connectivity index (χ1) is 10.2. The highest BCUT2D eigenvalue weighted by molar-refractivity contribution is 5.42. The summed E-state index contributed by atoms with van der Waals surface area (Å²) in [7, 11) is 2.16. The van der Waals surface area contributed by atoms with Gasteiger partial charge in [0.05, 0.1) is 0 Å². The Morgan fingerprint density at radius 3 is 2.67 bits per heavy atom. The van der Waals surface area contributed by atoms with Crippen molar-refractivity contribution in [3.8, 4) is 5.75 Å². The van der Waals surface area contributed by atoms with Crippen LogP contribution in [-0.4, -0.2) is 31.1 Å². The molecule has 1 saturated heterocycles. The Kier molecular flexibility index (Phi) is 4.11. The van der Waals surface area contributed by atoms with Gasteiger partial charge in [-0.1, -0.05) is 30.3 Å². The van der Waals surface area contributed by atoms with E-state index in [-0.39, 0.29) is 6.10 Å². The second-order valence-electron chi connectivity index (χ2n) is 5.80. The average Bonchev–Trinajstić information content (AvgIpc) is 2.50. The number of hydrogen-bond donors (Lipinski definition) is 1. The maximum atomic E-state index is 6.24. The number of rotatable bonds is 3. The van der Waals surface area contributed by atoms with Gasteiger partial charge in [-0.3, -0.25) is 0 Å². The van der Waals surface area contributed by atoms with Crippen LogP contribution in [0.4, 0.5) is 5.69 Å². The topological polar surface area (TPSA) is 38.5 Å². The van der Waals surface area contributed by atoms with Crippen molar-refractivity contribution in [2.24, 2.45) is 0 Å². The molecule has 3 rings (SSSR count). The summed E-state index contributed by atoms with van der Waals surface area (Å²) in [4.78, 5) is 2.36. The number of hydrogen-bond acceptors (Lipinski definition) is 3. The van der Waals surface area contributed by atoms with Crippen LogP contribution in [0.25, 0.3) is 0 Å². The van der Waals surface area contributed by atoms with Crippen LogP contribution in [0.1, 0.15) is 17.9 Å². The van der Waals surface area contributed by atoms with Crippen LogP contribution < -0.4 is 10.5 Å². The molecule has 2 N–H and O–H groups in total. The van der Waals surface area contributed by atoms with Crippen molar-refractivity contribution in [1.82, 2.24) is 4.90 Å². The van der Waals surface area contributed by atoms with Gasteiger partial charge < -0.3 is 15.4 Å². The number of nitrogens with two attached hydrogens (primary N) is 1. The number of nitrogens with zero attached hydrogens (tertiary/aromatic N) is 1. The highest BCUT2D eigenvalue weighted by Crippen LogP contribution is 2.31. The first kappa shape index (κ1) is 14.0. The van der Waals surface area contributed by atoms with Crippen LogP contribution >= 0.6 is 0 Å². The molecule has 1 aliphatic rings. The Labute approximate surface area is 126 Å². The summed E-state index contributed by atoms with van der Waals surface area (Å²) in [6, 6.07) is 18.3. The SMILES string of the molecule is CN1CC[C@H](Oc2ccccc2)[C@@H](c2cccc(N)c2)C1. The normalized spacial score (nSPS) is 22.9. The Bertz CT molecular complexity index is 585. The minimum Gasteiger partial charge on any atom is -0.490 e. The summed E-state index contributed by atoms with van der Waals surface area (Å²) in [5.41, 5.74) is 8.03. The Morgan fingerprint density at radius 2 is 1.90 bits per heavy atom. The van der Waals surface area contributed by atoms with E-state index in [9.17, 15) is 0 Å². The van der Waals surface area contributed by atoms with E-state index < -0.39 is 0 Å². The third kappa shape index (κ3) is 3.37. The van der Waals surface area contributed by atoms with Gasteiger partial charge in [-0.2, -0.15) is 0 Å². The number of para-hydroxylation sites is 1. The van der Waals surface area contributed by atoms with Gasteiger partial charge in [-0.25, -0.2) is 0 Å². The molecular weight excluding hydrogens is 260 g/mol. The lowest BCUT2D eigenvalue weighted by molar-refractivity contribution is 0.0902. The van der Waals surface area contributed by atoms with E-state index in [1.54, 1.807) is 0 Å². The van der Waals surface area contributed by atoms with E-state index in [0.717, 1.165) is 30.9 Å². The molecule has 2 aromatic rings. The number of benzene rings is 2. The highest BCUT2D eigenvalue weighted by Gasteiger charge is 2.30. The van der Waals surface area contributed by atoms with Crippen molar-refractivity contribution in [3.05, 3.63) is 60.2 Å². The second-order valence-corrected chi connectivity index (χ2v) is 5.80. The van der Waals surface area contributed by atoms with Gasteiger partial charge in [-0.05, 0) is 43.3 Å². The molecule has 0 saturated carbocycles. The summed E-state index contributed by atoms with van der Waals surface area (Å²) >= 11 is 0. The lowest BCUT2D eigenvalue weighted by Gasteiger charge is -2.37. The quantitative estimate of drug-likeness (QED) is 0.879. The van der Waals surface area contributed by atoms with Gasteiger partial charge >= 0.3 is 0 Å². The number of ether oxygens (including phenoxy) is 1. The van der Waals surface area contributed by atoms with Crippen LogP contribution in [0.3, 0.4) is 0 Å². The molecule has 110 valence electrons. The molecule has 0 unspecified atom stereocenters. The number of piperidine rings is 1. The fraction of sp³-hybridized carbons (Fsp3) is 0.333. The van der Waals surface area contributed by atoms with Crippen molar-refractivity contribution in [3.63, 3.8) is 0 Å². The van der Waals surface area contributed by atoms with Gasteiger partial charge in [0.1, 0.15) is 11.9 Å². The molecule has 2 aromatic carbocycles. The standard InChI is InChI=1S/C18H22N2O/c1-20-11-10-18(21-16-8-3-2-4-9-16)17(13-20)14-6-5-7-15(19)12-14/h2-9,12,17-18H,10-11,13,19H2,1H3/t17-,18+/m1/s1. The predicted molar refractivity (Wildman–Crippen MR) is 86.6 cm³/mol. The maximum absolute atomic E-state index is 6.24. The molecule has 3 nitrogen and oxygen atoms in total. The average molecular weight is 282 g/mol. The van der Waals surface area contributed by atoms with Crippen molar-refractivity contribution < 1.29 is 4.74 Å². The van der Waals surface area contributed by atoms with Crippen LogP contribution in [-0.2, 0) is 0 Å².